The Morgan fingerprint density at radius 3 is 1.39 bits per heavy atom. The molecule has 0 aliphatic rings. The zero-order valence-corrected chi connectivity index (χ0v) is 12.4. The van der Waals surface area contributed by atoms with E-state index in [1.807, 2.05) is 13.8 Å². The number of hydrogen-bond donors (Lipinski definition) is 2. The summed E-state index contributed by atoms with van der Waals surface area (Å²) in [5, 5.41) is 18.2. The van der Waals surface area contributed by atoms with E-state index in [1.165, 1.54) is 0 Å². The molecule has 0 aliphatic heterocycles. The van der Waals surface area contributed by atoms with Gasteiger partial charge in [-0.3, -0.25) is 0 Å². The molecule has 0 fully saturated rings. The van der Waals surface area contributed by atoms with Gasteiger partial charge in [0, 0.05) is 11.1 Å². The summed E-state index contributed by atoms with van der Waals surface area (Å²) in [4.78, 5) is 22.3. The Hall–Kier alpha value is -0.620. The van der Waals surface area contributed by atoms with Crippen LogP contribution in [0.4, 0.5) is 0 Å². The topological polar surface area (TPSA) is 74.6 Å². The minimum Gasteiger partial charge on any atom is -0.478 e. The van der Waals surface area contributed by atoms with Gasteiger partial charge in [0.15, 0.2) is 0 Å². The lowest BCUT2D eigenvalue weighted by Gasteiger charge is -2.08. The quantitative estimate of drug-likeness (QED) is 0.476. The Labute approximate surface area is 116 Å². The summed E-state index contributed by atoms with van der Waals surface area (Å²) in [6, 6.07) is 0. The van der Waals surface area contributed by atoms with Gasteiger partial charge in [-0.15, -0.1) is 0 Å². The van der Waals surface area contributed by atoms with Crippen molar-refractivity contribution in [2.75, 3.05) is 23.0 Å². The Bertz CT molecular complexity index is 283. The third-order valence-corrected chi connectivity index (χ3v) is 4.08. The Morgan fingerprint density at radius 2 is 1.17 bits per heavy atom. The van der Waals surface area contributed by atoms with Crippen LogP contribution < -0.4 is 0 Å². The van der Waals surface area contributed by atoms with Gasteiger partial charge in [0.05, 0.1) is 0 Å². The van der Waals surface area contributed by atoms with Crippen LogP contribution in [0.2, 0.25) is 0 Å². The van der Waals surface area contributed by atoms with Crippen LogP contribution >= 0.6 is 23.5 Å². The summed E-state index contributed by atoms with van der Waals surface area (Å²) in [5.74, 6) is 0.893. The molecular formula is C12H20O4S2. The van der Waals surface area contributed by atoms with Crippen LogP contribution in [0.25, 0.3) is 0 Å². The second kappa shape index (κ2) is 10.3. The first-order valence-corrected chi connectivity index (χ1v) is 8.19. The normalized spacial score (nSPS) is 12.1. The first-order chi connectivity index (χ1) is 8.54. The number of carboxylic acids is 2. The maximum absolute atomic E-state index is 11.1. The number of aliphatic carboxylic acids is 2. The van der Waals surface area contributed by atoms with E-state index in [4.69, 9.17) is 10.2 Å². The van der Waals surface area contributed by atoms with Crippen molar-refractivity contribution in [1.82, 2.24) is 0 Å². The molecule has 6 heteroatoms. The molecule has 104 valence electrons. The standard InChI is InChI=1S/C12H20O4S2/c1-3-17-7-5-9(11(13)14)10(12(15)16)6-8-18-4-2/h3-8H2,1-2H3,(H,13,14)(H,15,16)/b10-9-. The lowest BCUT2D eigenvalue weighted by Crippen LogP contribution is -2.13. The smallest absolute Gasteiger partial charge is 0.332 e. The van der Waals surface area contributed by atoms with E-state index in [0.29, 0.717) is 24.3 Å². The second-order valence-electron chi connectivity index (χ2n) is 3.46. The van der Waals surface area contributed by atoms with Crippen molar-refractivity contribution >= 4 is 35.5 Å². The van der Waals surface area contributed by atoms with Gasteiger partial charge in [-0.05, 0) is 35.9 Å². The zero-order chi connectivity index (χ0) is 14.0. The van der Waals surface area contributed by atoms with Crippen LogP contribution in [0.5, 0.6) is 0 Å². The van der Waals surface area contributed by atoms with Gasteiger partial charge in [-0.2, -0.15) is 23.5 Å². The molecule has 2 N–H and O–H groups in total. The van der Waals surface area contributed by atoms with Crippen molar-refractivity contribution in [3.05, 3.63) is 11.1 Å². The monoisotopic (exact) mass is 292 g/mol. The van der Waals surface area contributed by atoms with Crippen LogP contribution in [0.15, 0.2) is 11.1 Å². The highest BCUT2D eigenvalue weighted by molar-refractivity contribution is 7.99. The molecule has 0 unspecified atom stereocenters. The maximum Gasteiger partial charge on any atom is 0.332 e. The van der Waals surface area contributed by atoms with Crippen LogP contribution in [0.1, 0.15) is 26.7 Å². The fourth-order valence-electron chi connectivity index (χ4n) is 1.41. The molecule has 0 aromatic rings. The summed E-state index contributed by atoms with van der Waals surface area (Å²) in [7, 11) is 0. The first kappa shape index (κ1) is 17.4. The van der Waals surface area contributed by atoms with E-state index in [-0.39, 0.29) is 11.1 Å². The Morgan fingerprint density at radius 1 is 0.833 bits per heavy atom. The summed E-state index contributed by atoms with van der Waals surface area (Å²) >= 11 is 3.23. The number of rotatable bonds is 10. The van der Waals surface area contributed by atoms with Gasteiger partial charge in [0.2, 0.25) is 0 Å². The molecule has 0 aliphatic carbocycles. The molecule has 0 rings (SSSR count). The van der Waals surface area contributed by atoms with Gasteiger partial charge < -0.3 is 10.2 Å². The average Bonchev–Trinajstić information content (AvgIpc) is 2.31. The fourth-order valence-corrected chi connectivity index (χ4v) is 2.69. The molecule has 0 atom stereocenters. The molecule has 0 spiro atoms. The lowest BCUT2D eigenvalue weighted by atomic mass is 10.0. The van der Waals surface area contributed by atoms with E-state index >= 15 is 0 Å². The van der Waals surface area contributed by atoms with Crippen LogP contribution in [-0.2, 0) is 9.59 Å². The average molecular weight is 292 g/mol. The molecule has 0 radical (unpaired) electrons. The zero-order valence-electron chi connectivity index (χ0n) is 10.8. The Balaban J connectivity index is 4.80. The van der Waals surface area contributed by atoms with Crippen LogP contribution in [-0.4, -0.2) is 45.2 Å². The minimum absolute atomic E-state index is 0.0557. The molecular weight excluding hydrogens is 272 g/mol. The highest BCUT2D eigenvalue weighted by atomic mass is 32.2. The SMILES string of the molecule is CCSCC/C(C(=O)O)=C(\CCSCC)C(=O)O. The summed E-state index contributed by atoms with van der Waals surface area (Å²) in [5.41, 5.74) is 0.111. The van der Waals surface area contributed by atoms with E-state index in [2.05, 4.69) is 0 Å². The van der Waals surface area contributed by atoms with Crippen LogP contribution in [0.3, 0.4) is 0 Å². The minimum atomic E-state index is -1.11. The van der Waals surface area contributed by atoms with Gasteiger partial charge in [-0.25, -0.2) is 9.59 Å². The summed E-state index contributed by atoms with van der Waals surface area (Å²) in [6.45, 7) is 3.98. The fraction of sp³-hybridized carbons (Fsp3) is 0.667. The number of carboxylic acid groups (broad SMARTS) is 2. The van der Waals surface area contributed by atoms with Crippen LogP contribution in [0, 0.1) is 0 Å². The predicted molar refractivity (Wildman–Crippen MR) is 77.5 cm³/mol. The van der Waals surface area contributed by atoms with Gasteiger partial charge in [-0.1, -0.05) is 13.8 Å². The maximum atomic E-state index is 11.1. The molecule has 0 saturated carbocycles. The van der Waals surface area contributed by atoms with Gasteiger partial charge >= 0.3 is 11.9 Å². The number of carbonyl (C=O) groups is 2. The Kier molecular flexibility index (Phi) is 9.96. The molecule has 4 nitrogen and oxygen atoms in total. The molecule has 0 bridgehead atoms. The van der Waals surface area contributed by atoms with E-state index in [0.717, 1.165) is 11.5 Å². The number of thioether (sulfide) groups is 2. The highest BCUT2D eigenvalue weighted by Gasteiger charge is 2.19. The van der Waals surface area contributed by atoms with Gasteiger partial charge in [0.25, 0.3) is 0 Å². The van der Waals surface area contributed by atoms with Crippen molar-refractivity contribution in [3.8, 4) is 0 Å². The number of hydrogen-bond acceptors (Lipinski definition) is 4. The third kappa shape index (κ3) is 6.96. The molecule has 0 aromatic carbocycles. The van der Waals surface area contributed by atoms with E-state index in [9.17, 15) is 9.59 Å². The summed E-state index contributed by atoms with van der Waals surface area (Å²) < 4.78 is 0. The third-order valence-electron chi connectivity index (χ3n) is 2.28. The molecule has 0 saturated heterocycles. The molecule has 18 heavy (non-hydrogen) atoms. The molecule has 0 amide bonds. The highest BCUT2D eigenvalue weighted by Crippen LogP contribution is 2.19. The van der Waals surface area contributed by atoms with E-state index in [1.54, 1.807) is 23.5 Å². The lowest BCUT2D eigenvalue weighted by molar-refractivity contribution is -0.136. The summed E-state index contributed by atoms with van der Waals surface area (Å²) in [6.07, 6.45) is 0.624. The van der Waals surface area contributed by atoms with Crippen molar-refractivity contribution in [1.29, 1.82) is 0 Å². The van der Waals surface area contributed by atoms with Crippen molar-refractivity contribution in [2.24, 2.45) is 0 Å². The largest absolute Gasteiger partial charge is 0.478 e. The van der Waals surface area contributed by atoms with Crippen molar-refractivity contribution < 1.29 is 19.8 Å². The first-order valence-electron chi connectivity index (χ1n) is 5.88. The molecule has 0 aromatic heterocycles. The predicted octanol–water partition coefficient (Wildman–Crippen LogP) is 2.74. The van der Waals surface area contributed by atoms with Crippen molar-refractivity contribution in [2.45, 2.75) is 26.7 Å². The second-order valence-corrected chi connectivity index (χ2v) is 6.25. The molecule has 0 heterocycles. The van der Waals surface area contributed by atoms with E-state index < -0.39 is 11.9 Å². The van der Waals surface area contributed by atoms with Crippen molar-refractivity contribution in [3.63, 3.8) is 0 Å². The van der Waals surface area contributed by atoms with Gasteiger partial charge in [0.1, 0.15) is 0 Å².